The number of nitrogens with one attached hydrogen (secondary N) is 2. The normalized spacial score (nSPS) is 14.5. The molecule has 3 amide bonds. The van der Waals surface area contributed by atoms with Crippen LogP contribution in [0.15, 0.2) is 58.5 Å². The number of anilines is 1. The Kier molecular flexibility index (Phi) is 7.47. The van der Waals surface area contributed by atoms with E-state index in [4.69, 9.17) is 4.42 Å². The molecule has 0 radical (unpaired) electrons. The van der Waals surface area contributed by atoms with Crippen LogP contribution in [0.5, 0.6) is 0 Å². The van der Waals surface area contributed by atoms with Gasteiger partial charge in [0.2, 0.25) is 11.8 Å². The molecule has 0 saturated heterocycles. The lowest BCUT2D eigenvalue weighted by Gasteiger charge is -2.32. The van der Waals surface area contributed by atoms with E-state index < -0.39 is 11.9 Å². The third kappa shape index (κ3) is 5.39. The topological polar surface area (TPSA) is 91.7 Å². The quantitative estimate of drug-likeness (QED) is 0.497. The van der Waals surface area contributed by atoms with Crippen LogP contribution >= 0.6 is 11.3 Å². The Hall–Kier alpha value is -3.39. The van der Waals surface area contributed by atoms with Crippen molar-refractivity contribution < 1.29 is 18.8 Å². The molecule has 1 fully saturated rings. The van der Waals surface area contributed by atoms with Gasteiger partial charge >= 0.3 is 0 Å². The molecule has 34 heavy (non-hydrogen) atoms. The van der Waals surface area contributed by atoms with Crippen LogP contribution in [0.1, 0.15) is 58.3 Å². The minimum atomic E-state index is -0.837. The third-order valence-electron chi connectivity index (χ3n) is 6.20. The van der Waals surface area contributed by atoms with Crippen molar-refractivity contribution in [3.63, 3.8) is 0 Å². The summed E-state index contributed by atoms with van der Waals surface area (Å²) in [6.07, 6.45) is 5.47. The summed E-state index contributed by atoms with van der Waals surface area (Å²) in [5, 5.41) is 7.67. The van der Waals surface area contributed by atoms with Gasteiger partial charge in [-0.05, 0) is 73.5 Å². The molecule has 1 unspecified atom stereocenters. The number of carbonyl (C=O) groups is 3. The monoisotopic (exact) mass is 479 g/mol. The van der Waals surface area contributed by atoms with Gasteiger partial charge in [-0.1, -0.05) is 25.0 Å². The van der Waals surface area contributed by atoms with Crippen LogP contribution in [-0.4, -0.2) is 30.3 Å². The van der Waals surface area contributed by atoms with Crippen molar-refractivity contribution in [2.75, 3.05) is 11.4 Å². The fourth-order valence-electron chi connectivity index (χ4n) is 4.22. The summed E-state index contributed by atoms with van der Waals surface area (Å²) in [6.45, 7) is 3.70. The minimum absolute atomic E-state index is 0.116. The first-order valence-corrected chi connectivity index (χ1v) is 12.4. The number of thiophene rings is 1. The summed E-state index contributed by atoms with van der Waals surface area (Å²) in [4.78, 5) is 41.8. The summed E-state index contributed by atoms with van der Waals surface area (Å²) < 4.78 is 5.12. The fraction of sp³-hybridized carbons (Fsp3) is 0.346. The Balaban J connectivity index is 1.66. The molecule has 1 aliphatic carbocycles. The van der Waals surface area contributed by atoms with Crippen molar-refractivity contribution in [2.45, 2.75) is 51.6 Å². The van der Waals surface area contributed by atoms with Crippen LogP contribution in [0, 0.1) is 13.8 Å². The maximum absolute atomic E-state index is 13.6. The number of aryl methyl sites for hydroxylation is 2. The highest BCUT2D eigenvalue weighted by atomic mass is 32.1. The van der Waals surface area contributed by atoms with E-state index in [1.54, 1.807) is 6.07 Å². The van der Waals surface area contributed by atoms with Gasteiger partial charge in [-0.15, -0.1) is 11.3 Å². The van der Waals surface area contributed by atoms with E-state index in [0.717, 1.165) is 41.7 Å². The summed E-state index contributed by atoms with van der Waals surface area (Å²) in [5.74, 6) is -0.956. The molecular weight excluding hydrogens is 450 g/mol. The van der Waals surface area contributed by atoms with Gasteiger partial charge in [-0.3, -0.25) is 19.3 Å². The van der Waals surface area contributed by atoms with Crippen LogP contribution in [0.3, 0.4) is 0 Å². The second kappa shape index (κ2) is 10.7. The molecule has 2 N–H and O–H groups in total. The number of amides is 3. The molecule has 7 nitrogen and oxygen atoms in total. The number of nitrogens with zero attached hydrogens (tertiary/aromatic N) is 1. The average Bonchev–Trinajstić information content (AvgIpc) is 3.61. The molecule has 3 aromatic rings. The molecule has 8 heteroatoms. The van der Waals surface area contributed by atoms with E-state index in [0.29, 0.717) is 5.69 Å². The predicted molar refractivity (Wildman–Crippen MR) is 132 cm³/mol. The van der Waals surface area contributed by atoms with E-state index >= 15 is 0 Å². The Morgan fingerprint density at radius 2 is 1.88 bits per heavy atom. The number of benzene rings is 1. The molecular formula is C26H29N3O4S. The van der Waals surface area contributed by atoms with Crippen LogP contribution < -0.4 is 15.5 Å². The smallest absolute Gasteiger partial charge is 0.287 e. The Morgan fingerprint density at radius 1 is 1.09 bits per heavy atom. The van der Waals surface area contributed by atoms with Gasteiger partial charge in [0.25, 0.3) is 5.91 Å². The zero-order valence-electron chi connectivity index (χ0n) is 19.4. The first-order valence-electron chi connectivity index (χ1n) is 11.5. The van der Waals surface area contributed by atoms with Gasteiger partial charge in [0.15, 0.2) is 5.76 Å². The Labute approximate surface area is 203 Å². The van der Waals surface area contributed by atoms with Gasteiger partial charge in [0.1, 0.15) is 6.04 Å². The van der Waals surface area contributed by atoms with Gasteiger partial charge in [-0.2, -0.15) is 0 Å². The van der Waals surface area contributed by atoms with Crippen molar-refractivity contribution in [2.24, 2.45) is 0 Å². The number of carbonyl (C=O) groups excluding carboxylic acids is 3. The van der Waals surface area contributed by atoms with Crippen molar-refractivity contribution in [3.05, 3.63) is 75.9 Å². The zero-order chi connectivity index (χ0) is 24.1. The van der Waals surface area contributed by atoms with Crippen molar-refractivity contribution in [1.29, 1.82) is 0 Å². The highest BCUT2D eigenvalue weighted by Gasteiger charge is 2.35. The lowest BCUT2D eigenvalue weighted by Crippen LogP contribution is -2.49. The summed E-state index contributed by atoms with van der Waals surface area (Å²) in [7, 11) is 0. The van der Waals surface area contributed by atoms with E-state index in [-0.39, 0.29) is 30.2 Å². The molecule has 1 atom stereocenters. The Bertz CT molecular complexity index is 1140. The lowest BCUT2D eigenvalue weighted by atomic mass is 10.1. The van der Waals surface area contributed by atoms with Crippen LogP contribution in [0.2, 0.25) is 0 Å². The van der Waals surface area contributed by atoms with E-state index in [1.807, 2.05) is 49.6 Å². The second-order valence-electron chi connectivity index (χ2n) is 8.60. The van der Waals surface area contributed by atoms with Gasteiger partial charge in [0, 0.05) is 16.6 Å². The first kappa shape index (κ1) is 23.8. The minimum Gasteiger partial charge on any atom is -0.459 e. The maximum atomic E-state index is 13.6. The molecule has 2 heterocycles. The summed E-state index contributed by atoms with van der Waals surface area (Å²) >= 11 is 1.43. The van der Waals surface area contributed by atoms with Gasteiger partial charge in [0.05, 0.1) is 12.8 Å². The molecule has 0 aliphatic heterocycles. The SMILES string of the molecule is Cc1ccc(N(C(=O)CNC(=O)c2ccco2)C(C(=O)NC2CCCC2)c2cccs2)cc1C. The molecule has 2 aromatic heterocycles. The molecule has 1 aliphatic rings. The molecule has 1 aromatic carbocycles. The Morgan fingerprint density at radius 3 is 2.53 bits per heavy atom. The van der Waals surface area contributed by atoms with E-state index in [2.05, 4.69) is 10.6 Å². The largest absolute Gasteiger partial charge is 0.459 e. The summed E-state index contributed by atoms with van der Waals surface area (Å²) in [6, 6.07) is 11.9. The zero-order valence-corrected chi connectivity index (χ0v) is 20.2. The van der Waals surface area contributed by atoms with Crippen molar-refractivity contribution in [1.82, 2.24) is 10.6 Å². The van der Waals surface area contributed by atoms with Crippen molar-refractivity contribution in [3.8, 4) is 0 Å². The molecule has 178 valence electrons. The van der Waals surface area contributed by atoms with Crippen LogP contribution in [0.25, 0.3) is 0 Å². The predicted octanol–water partition coefficient (Wildman–Crippen LogP) is 4.52. The fourth-order valence-corrected chi connectivity index (χ4v) is 5.03. The number of furan rings is 1. The molecule has 0 spiro atoms. The maximum Gasteiger partial charge on any atom is 0.287 e. The first-order chi connectivity index (χ1) is 16.4. The molecule has 0 bridgehead atoms. The number of hydrogen-bond donors (Lipinski definition) is 2. The molecule has 4 rings (SSSR count). The van der Waals surface area contributed by atoms with Crippen LogP contribution in [0.4, 0.5) is 5.69 Å². The van der Waals surface area contributed by atoms with Gasteiger partial charge < -0.3 is 15.1 Å². The average molecular weight is 480 g/mol. The second-order valence-corrected chi connectivity index (χ2v) is 9.58. The third-order valence-corrected chi connectivity index (χ3v) is 7.13. The van der Waals surface area contributed by atoms with E-state index in [1.165, 1.54) is 28.6 Å². The highest BCUT2D eigenvalue weighted by molar-refractivity contribution is 7.10. The number of hydrogen-bond acceptors (Lipinski definition) is 5. The van der Waals surface area contributed by atoms with Crippen LogP contribution in [-0.2, 0) is 9.59 Å². The van der Waals surface area contributed by atoms with Crippen molar-refractivity contribution >= 4 is 34.7 Å². The lowest BCUT2D eigenvalue weighted by molar-refractivity contribution is -0.126. The highest BCUT2D eigenvalue weighted by Crippen LogP contribution is 2.32. The molecule has 1 saturated carbocycles. The standard InChI is InChI=1S/C26H29N3O4S/c1-17-11-12-20(15-18(17)2)29(23(30)16-27-25(31)21-9-5-13-33-21)24(22-10-6-14-34-22)26(32)28-19-7-3-4-8-19/h5-6,9-15,19,24H,3-4,7-8,16H2,1-2H3,(H,27,31)(H,28,32). The number of rotatable bonds is 8. The van der Waals surface area contributed by atoms with Gasteiger partial charge in [-0.25, -0.2) is 0 Å². The van der Waals surface area contributed by atoms with E-state index in [9.17, 15) is 14.4 Å². The summed E-state index contributed by atoms with van der Waals surface area (Å²) in [5.41, 5.74) is 2.71.